The maximum Gasteiger partial charge on any atom is 0.243 e. The highest BCUT2D eigenvalue weighted by Crippen LogP contribution is 2.28. The van der Waals surface area contributed by atoms with Crippen LogP contribution in [0.15, 0.2) is 59.5 Å². The fraction of sp³-hybridized carbons (Fsp3) is 0.400. The predicted molar refractivity (Wildman–Crippen MR) is 97.5 cm³/mol. The minimum Gasteiger partial charge on any atom is -0.207 e. The van der Waals surface area contributed by atoms with Gasteiger partial charge in [-0.25, -0.2) is 8.42 Å². The number of rotatable bonds is 5. The molecule has 0 radical (unpaired) electrons. The molecule has 3 nitrogen and oxygen atoms in total. The van der Waals surface area contributed by atoms with E-state index < -0.39 is 10.0 Å². The minimum atomic E-state index is -3.39. The highest BCUT2D eigenvalue weighted by Gasteiger charge is 2.32. The number of nitrogens with zero attached hydrogens (tertiary/aromatic N) is 1. The maximum absolute atomic E-state index is 13.0. The Morgan fingerprint density at radius 2 is 1.71 bits per heavy atom. The molecule has 0 spiro atoms. The van der Waals surface area contributed by atoms with Crippen LogP contribution in [0.25, 0.3) is 0 Å². The van der Waals surface area contributed by atoms with Crippen molar-refractivity contribution >= 4 is 10.0 Å². The topological polar surface area (TPSA) is 37.4 Å². The van der Waals surface area contributed by atoms with E-state index in [1.807, 2.05) is 6.07 Å². The molecule has 0 aliphatic carbocycles. The molecule has 1 aliphatic heterocycles. The van der Waals surface area contributed by atoms with Crippen LogP contribution in [-0.4, -0.2) is 25.3 Å². The molecular formula is C20H25NO2S. The van der Waals surface area contributed by atoms with Crippen molar-refractivity contribution in [2.45, 2.75) is 50.0 Å². The van der Waals surface area contributed by atoms with Gasteiger partial charge in [0, 0.05) is 12.6 Å². The van der Waals surface area contributed by atoms with Crippen molar-refractivity contribution in [1.82, 2.24) is 4.31 Å². The van der Waals surface area contributed by atoms with E-state index in [-0.39, 0.29) is 6.04 Å². The fourth-order valence-electron chi connectivity index (χ4n) is 3.39. The third-order valence-electron chi connectivity index (χ3n) is 4.81. The monoisotopic (exact) mass is 343 g/mol. The van der Waals surface area contributed by atoms with Gasteiger partial charge in [0.05, 0.1) is 4.90 Å². The minimum absolute atomic E-state index is 0.102. The Balaban J connectivity index is 1.75. The lowest BCUT2D eigenvalue weighted by Gasteiger charge is -2.34. The zero-order chi connectivity index (χ0) is 17.0. The van der Waals surface area contributed by atoms with Crippen LogP contribution in [0.2, 0.25) is 0 Å². The summed E-state index contributed by atoms with van der Waals surface area (Å²) in [6.45, 7) is 2.72. The van der Waals surface area contributed by atoms with Crippen molar-refractivity contribution < 1.29 is 8.42 Å². The Bertz CT molecular complexity index is 754. The van der Waals surface area contributed by atoms with E-state index in [9.17, 15) is 8.42 Å². The van der Waals surface area contributed by atoms with Crippen LogP contribution < -0.4 is 0 Å². The van der Waals surface area contributed by atoms with Crippen molar-refractivity contribution in [2.75, 3.05) is 6.54 Å². The highest BCUT2D eigenvalue weighted by molar-refractivity contribution is 7.89. The summed E-state index contributed by atoms with van der Waals surface area (Å²) in [5, 5.41) is 0. The van der Waals surface area contributed by atoms with Crippen LogP contribution in [0.4, 0.5) is 0 Å². The van der Waals surface area contributed by atoms with Gasteiger partial charge >= 0.3 is 0 Å². The van der Waals surface area contributed by atoms with E-state index in [0.717, 1.165) is 32.1 Å². The van der Waals surface area contributed by atoms with Crippen LogP contribution in [0.1, 0.15) is 36.8 Å². The zero-order valence-electron chi connectivity index (χ0n) is 14.2. The molecule has 2 aromatic rings. The number of aryl methyl sites for hydroxylation is 2. The number of piperidine rings is 1. The Morgan fingerprint density at radius 3 is 2.42 bits per heavy atom. The number of benzene rings is 2. The Labute approximate surface area is 145 Å². The smallest absolute Gasteiger partial charge is 0.207 e. The summed E-state index contributed by atoms with van der Waals surface area (Å²) in [7, 11) is -3.39. The van der Waals surface area contributed by atoms with E-state index in [4.69, 9.17) is 0 Å². The van der Waals surface area contributed by atoms with E-state index in [0.29, 0.717) is 11.4 Å². The second-order valence-corrected chi connectivity index (χ2v) is 8.49. The molecule has 1 aliphatic rings. The maximum atomic E-state index is 13.0. The lowest BCUT2D eigenvalue weighted by molar-refractivity contribution is 0.241. The summed E-state index contributed by atoms with van der Waals surface area (Å²) in [4.78, 5) is 0.409. The third-order valence-corrected chi connectivity index (χ3v) is 6.78. The highest BCUT2D eigenvalue weighted by atomic mass is 32.2. The predicted octanol–water partition coefficient (Wildman–Crippen LogP) is 4.17. The molecule has 128 valence electrons. The summed E-state index contributed by atoms with van der Waals surface area (Å²) in [5.74, 6) is 0. The number of sulfonamides is 1. The van der Waals surface area contributed by atoms with Crippen LogP contribution >= 0.6 is 0 Å². The average Bonchev–Trinajstić information content (AvgIpc) is 2.62. The standard InChI is InChI=1S/C20H25NO2S/c1-17-10-12-18(13-11-17)14-15-19-7-5-6-16-21(19)24(22,23)20-8-3-2-4-9-20/h2-4,8-13,19H,5-7,14-16H2,1H3. The molecule has 0 N–H and O–H groups in total. The molecule has 0 aromatic heterocycles. The molecule has 1 saturated heterocycles. The van der Waals surface area contributed by atoms with Gasteiger partial charge < -0.3 is 0 Å². The molecule has 0 bridgehead atoms. The first-order valence-electron chi connectivity index (χ1n) is 8.70. The van der Waals surface area contributed by atoms with E-state index in [1.165, 1.54) is 11.1 Å². The van der Waals surface area contributed by atoms with Crippen LogP contribution in [0, 0.1) is 6.92 Å². The van der Waals surface area contributed by atoms with Gasteiger partial charge in [-0.05, 0) is 50.3 Å². The van der Waals surface area contributed by atoms with Crippen molar-refractivity contribution in [2.24, 2.45) is 0 Å². The summed E-state index contributed by atoms with van der Waals surface area (Å²) in [6, 6.07) is 17.5. The van der Waals surface area contributed by atoms with Gasteiger partial charge in [0.15, 0.2) is 0 Å². The number of hydrogen-bond acceptors (Lipinski definition) is 2. The van der Waals surface area contributed by atoms with Crippen LogP contribution in [0.3, 0.4) is 0 Å². The SMILES string of the molecule is Cc1ccc(CCC2CCCCN2S(=O)(=O)c2ccccc2)cc1. The second kappa shape index (κ2) is 7.49. The molecule has 4 heteroatoms. The normalized spacial score (nSPS) is 19.3. The fourth-order valence-corrected chi connectivity index (χ4v) is 5.14. The summed E-state index contributed by atoms with van der Waals surface area (Å²) < 4.78 is 27.7. The zero-order valence-corrected chi connectivity index (χ0v) is 15.0. The molecule has 1 fully saturated rings. The Hall–Kier alpha value is -1.65. The van der Waals surface area contributed by atoms with Gasteiger partial charge in [0.2, 0.25) is 10.0 Å². The van der Waals surface area contributed by atoms with Gasteiger partial charge in [0.25, 0.3) is 0 Å². The van der Waals surface area contributed by atoms with Crippen molar-refractivity contribution in [3.63, 3.8) is 0 Å². The van der Waals surface area contributed by atoms with Gasteiger partial charge in [-0.15, -0.1) is 0 Å². The average molecular weight is 343 g/mol. The molecule has 2 aromatic carbocycles. The summed E-state index contributed by atoms with van der Waals surface area (Å²) in [5.41, 5.74) is 2.54. The van der Waals surface area contributed by atoms with E-state index in [1.54, 1.807) is 28.6 Å². The third kappa shape index (κ3) is 3.87. The molecule has 3 rings (SSSR count). The molecular weight excluding hydrogens is 318 g/mol. The molecule has 1 unspecified atom stereocenters. The molecule has 0 saturated carbocycles. The quantitative estimate of drug-likeness (QED) is 0.817. The van der Waals surface area contributed by atoms with Crippen molar-refractivity contribution in [1.29, 1.82) is 0 Å². The summed E-state index contributed by atoms with van der Waals surface area (Å²) >= 11 is 0. The van der Waals surface area contributed by atoms with Gasteiger partial charge in [0.1, 0.15) is 0 Å². The van der Waals surface area contributed by atoms with Gasteiger partial charge in [-0.2, -0.15) is 4.31 Å². The van der Waals surface area contributed by atoms with E-state index in [2.05, 4.69) is 31.2 Å². The lowest BCUT2D eigenvalue weighted by Crippen LogP contribution is -2.43. The Morgan fingerprint density at radius 1 is 1.00 bits per heavy atom. The van der Waals surface area contributed by atoms with Crippen molar-refractivity contribution in [3.05, 3.63) is 65.7 Å². The number of hydrogen-bond donors (Lipinski definition) is 0. The molecule has 0 amide bonds. The van der Waals surface area contributed by atoms with Gasteiger partial charge in [-0.1, -0.05) is 54.4 Å². The van der Waals surface area contributed by atoms with Crippen LogP contribution in [-0.2, 0) is 16.4 Å². The van der Waals surface area contributed by atoms with Crippen molar-refractivity contribution in [3.8, 4) is 0 Å². The first-order chi connectivity index (χ1) is 11.6. The summed E-state index contributed by atoms with van der Waals surface area (Å²) in [6.07, 6.45) is 4.82. The first-order valence-corrected chi connectivity index (χ1v) is 10.1. The molecule has 1 heterocycles. The largest absolute Gasteiger partial charge is 0.243 e. The van der Waals surface area contributed by atoms with Crippen LogP contribution in [0.5, 0.6) is 0 Å². The Kier molecular flexibility index (Phi) is 5.36. The molecule has 24 heavy (non-hydrogen) atoms. The lowest BCUT2D eigenvalue weighted by atomic mass is 9.97. The molecule has 1 atom stereocenters. The first kappa shape index (κ1) is 17.2. The van der Waals surface area contributed by atoms with E-state index >= 15 is 0 Å². The second-order valence-electron chi connectivity index (χ2n) is 6.60. The van der Waals surface area contributed by atoms with Gasteiger partial charge in [-0.3, -0.25) is 0 Å².